The normalized spacial score (nSPS) is 12.7. The van der Waals surface area contributed by atoms with Gasteiger partial charge in [0.05, 0.1) is 4.90 Å². The van der Waals surface area contributed by atoms with E-state index in [1.807, 2.05) is 46.8 Å². The van der Waals surface area contributed by atoms with Crippen LogP contribution < -0.4 is 10.0 Å². The number of carbonyl (C=O) groups is 1. The van der Waals surface area contributed by atoms with Gasteiger partial charge in [-0.1, -0.05) is 24.6 Å². The summed E-state index contributed by atoms with van der Waals surface area (Å²) in [6.45, 7) is 9.64. The monoisotopic (exact) mass is 374 g/mol. The van der Waals surface area contributed by atoms with E-state index in [4.69, 9.17) is 0 Å². The predicted molar refractivity (Wildman–Crippen MR) is 105 cm³/mol. The number of benzene rings is 2. The molecule has 2 aromatic rings. The molecule has 0 saturated carbocycles. The Bertz CT molecular complexity index is 880. The van der Waals surface area contributed by atoms with Crippen molar-refractivity contribution in [1.29, 1.82) is 0 Å². The number of anilines is 1. The molecule has 0 bridgehead atoms. The highest BCUT2D eigenvalue weighted by atomic mass is 32.2. The van der Waals surface area contributed by atoms with Crippen LogP contribution in [0.25, 0.3) is 0 Å². The van der Waals surface area contributed by atoms with Crippen LogP contribution in [-0.4, -0.2) is 20.4 Å². The topological polar surface area (TPSA) is 75.3 Å². The molecule has 1 atom stereocenters. The molecule has 0 saturated heterocycles. The molecular weight excluding hydrogens is 348 g/mol. The summed E-state index contributed by atoms with van der Waals surface area (Å²) in [5, 5.41) is 2.92. The second-order valence-corrected chi connectivity index (χ2v) is 8.40. The Kier molecular flexibility index (Phi) is 6.21. The van der Waals surface area contributed by atoms with Crippen molar-refractivity contribution in [2.75, 3.05) is 5.32 Å². The molecule has 2 aromatic carbocycles. The summed E-state index contributed by atoms with van der Waals surface area (Å²) in [7, 11) is -3.57. The van der Waals surface area contributed by atoms with Gasteiger partial charge in [0.15, 0.2) is 0 Å². The van der Waals surface area contributed by atoms with Gasteiger partial charge in [0.25, 0.3) is 5.91 Å². The SMILES string of the molecule is CCC(C)NS(=O)(=O)c1ccc(C(=O)Nc2c(C)cc(C)cc2C)cc1. The van der Waals surface area contributed by atoms with Crippen LogP contribution in [0.4, 0.5) is 5.69 Å². The van der Waals surface area contributed by atoms with Crippen molar-refractivity contribution in [2.24, 2.45) is 0 Å². The minimum Gasteiger partial charge on any atom is -0.322 e. The Balaban J connectivity index is 2.20. The van der Waals surface area contributed by atoms with E-state index in [2.05, 4.69) is 10.0 Å². The second-order valence-electron chi connectivity index (χ2n) is 6.68. The van der Waals surface area contributed by atoms with Gasteiger partial charge in [-0.2, -0.15) is 0 Å². The molecule has 1 amide bonds. The first kappa shape index (κ1) is 20.1. The van der Waals surface area contributed by atoms with Gasteiger partial charge in [0.1, 0.15) is 0 Å². The van der Waals surface area contributed by atoms with Crippen LogP contribution in [0.5, 0.6) is 0 Å². The summed E-state index contributed by atoms with van der Waals surface area (Å²) < 4.78 is 27.2. The molecule has 2 rings (SSSR count). The number of nitrogens with one attached hydrogen (secondary N) is 2. The van der Waals surface area contributed by atoms with Gasteiger partial charge < -0.3 is 5.32 Å². The summed E-state index contributed by atoms with van der Waals surface area (Å²) in [4.78, 5) is 12.7. The molecular formula is C20H26N2O3S. The molecule has 0 aliphatic rings. The predicted octanol–water partition coefficient (Wildman–Crippen LogP) is 3.94. The zero-order valence-corrected chi connectivity index (χ0v) is 16.7. The third-order valence-electron chi connectivity index (χ3n) is 4.31. The average molecular weight is 375 g/mol. The molecule has 5 nitrogen and oxygen atoms in total. The van der Waals surface area contributed by atoms with E-state index < -0.39 is 10.0 Å². The van der Waals surface area contributed by atoms with Crippen LogP contribution in [-0.2, 0) is 10.0 Å². The Morgan fingerprint density at radius 1 is 1.04 bits per heavy atom. The van der Waals surface area contributed by atoms with Crippen molar-refractivity contribution in [3.8, 4) is 0 Å². The molecule has 0 aliphatic carbocycles. The highest BCUT2D eigenvalue weighted by Gasteiger charge is 2.17. The molecule has 2 N–H and O–H groups in total. The van der Waals surface area contributed by atoms with Gasteiger partial charge in [0, 0.05) is 17.3 Å². The summed E-state index contributed by atoms with van der Waals surface area (Å²) in [6.07, 6.45) is 0.703. The van der Waals surface area contributed by atoms with E-state index >= 15 is 0 Å². The fraction of sp³-hybridized carbons (Fsp3) is 0.350. The van der Waals surface area contributed by atoms with E-state index in [9.17, 15) is 13.2 Å². The van der Waals surface area contributed by atoms with Crippen molar-refractivity contribution < 1.29 is 13.2 Å². The Labute approximate surface area is 155 Å². The van der Waals surface area contributed by atoms with E-state index in [0.29, 0.717) is 12.0 Å². The molecule has 0 fully saturated rings. The minimum absolute atomic E-state index is 0.143. The molecule has 26 heavy (non-hydrogen) atoms. The van der Waals surface area contributed by atoms with Crippen LogP contribution in [0, 0.1) is 20.8 Å². The molecule has 0 heterocycles. The number of sulfonamides is 1. The van der Waals surface area contributed by atoms with Gasteiger partial charge >= 0.3 is 0 Å². The molecule has 140 valence electrons. The first-order valence-corrected chi connectivity index (χ1v) is 10.1. The van der Waals surface area contributed by atoms with Crippen LogP contribution in [0.1, 0.15) is 47.3 Å². The second kappa shape index (κ2) is 8.01. The number of hydrogen-bond donors (Lipinski definition) is 2. The Hall–Kier alpha value is -2.18. The van der Waals surface area contributed by atoms with Crippen LogP contribution >= 0.6 is 0 Å². The van der Waals surface area contributed by atoms with E-state index in [1.165, 1.54) is 24.3 Å². The summed E-state index contributed by atoms with van der Waals surface area (Å²) in [5.41, 5.74) is 4.32. The van der Waals surface area contributed by atoms with Crippen molar-refractivity contribution in [1.82, 2.24) is 4.72 Å². The third kappa shape index (κ3) is 4.71. The zero-order chi connectivity index (χ0) is 19.5. The lowest BCUT2D eigenvalue weighted by Gasteiger charge is -2.14. The average Bonchev–Trinajstić information content (AvgIpc) is 2.57. The van der Waals surface area contributed by atoms with Crippen molar-refractivity contribution >= 4 is 21.6 Å². The van der Waals surface area contributed by atoms with Gasteiger partial charge in [-0.25, -0.2) is 13.1 Å². The number of hydrogen-bond acceptors (Lipinski definition) is 3. The van der Waals surface area contributed by atoms with Gasteiger partial charge in [0.2, 0.25) is 10.0 Å². The zero-order valence-electron chi connectivity index (χ0n) is 15.9. The number of amides is 1. The molecule has 0 aromatic heterocycles. The highest BCUT2D eigenvalue weighted by Crippen LogP contribution is 2.23. The Morgan fingerprint density at radius 3 is 2.08 bits per heavy atom. The molecule has 0 aliphatic heterocycles. The van der Waals surface area contributed by atoms with Crippen molar-refractivity contribution in [3.63, 3.8) is 0 Å². The molecule has 0 spiro atoms. The maximum Gasteiger partial charge on any atom is 0.255 e. The minimum atomic E-state index is -3.57. The fourth-order valence-electron chi connectivity index (χ4n) is 2.76. The number of rotatable bonds is 6. The van der Waals surface area contributed by atoms with Crippen LogP contribution in [0.15, 0.2) is 41.3 Å². The van der Waals surface area contributed by atoms with E-state index in [1.54, 1.807) is 0 Å². The molecule has 0 radical (unpaired) electrons. The van der Waals surface area contributed by atoms with Gasteiger partial charge in [-0.05, 0) is 69.5 Å². The van der Waals surface area contributed by atoms with Gasteiger partial charge in [-0.3, -0.25) is 4.79 Å². The fourth-order valence-corrected chi connectivity index (χ4v) is 4.09. The lowest BCUT2D eigenvalue weighted by Crippen LogP contribution is -2.32. The van der Waals surface area contributed by atoms with E-state index in [-0.39, 0.29) is 16.8 Å². The van der Waals surface area contributed by atoms with Crippen molar-refractivity contribution in [3.05, 3.63) is 58.7 Å². The largest absolute Gasteiger partial charge is 0.322 e. The lowest BCUT2D eigenvalue weighted by atomic mass is 10.0. The third-order valence-corrected chi connectivity index (χ3v) is 5.92. The smallest absolute Gasteiger partial charge is 0.255 e. The van der Waals surface area contributed by atoms with Crippen LogP contribution in [0.3, 0.4) is 0 Å². The maximum atomic E-state index is 12.5. The quantitative estimate of drug-likeness (QED) is 0.804. The highest BCUT2D eigenvalue weighted by molar-refractivity contribution is 7.89. The maximum absolute atomic E-state index is 12.5. The standard InChI is InChI=1S/C20H26N2O3S/c1-6-16(5)22-26(24,25)18-9-7-17(8-10-18)20(23)21-19-14(3)11-13(2)12-15(19)4/h7-12,16,22H,6H2,1-5H3,(H,21,23). The summed E-state index contributed by atoms with van der Waals surface area (Å²) in [6, 6.07) is 9.84. The van der Waals surface area contributed by atoms with E-state index in [0.717, 1.165) is 22.4 Å². The first-order chi connectivity index (χ1) is 12.1. The van der Waals surface area contributed by atoms with Crippen molar-refractivity contribution in [2.45, 2.75) is 52.0 Å². The Morgan fingerprint density at radius 2 is 1.58 bits per heavy atom. The lowest BCUT2D eigenvalue weighted by molar-refractivity contribution is 0.102. The molecule has 6 heteroatoms. The number of carbonyl (C=O) groups excluding carboxylic acids is 1. The number of aryl methyl sites for hydroxylation is 3. The first-order valence-electron chi connectivity index (χ1n) is 8.65. The molecule has 1 unspecified atom stereocenters. The van der Waals surface area contributed by atoms with Gasteiger partial charge in [-0.15, -0.1) is 0 Å². The summed E-state index contributed by atoms with van der Waals surface area (Å²) >= 11 is 0. The van der Waals surface area contributed by atoms with Crippen LogP contribution in [0.2, 0.25) is 0 Å². The summed E-state index contributed by atoms with van der Waals surface area (Å²) in [5.74, 6) is -0.265.